The van der Waals surface area contributed by atoms with E-state index in [1.165, 1.54) is 5.56 Å². The summed E-state index contributed by atoms with van der Waals surface area (Å²) >= 11 is 0. The highest BCUT2D eigenvalue weighted by Crippen LogP contribution is 2.19. The van der Waals surface area contributed by atoms with Crippen molar-refractivity contribution in [3.8, 4) is 11.1 Å². The van der Waals surface area contributed by atoms with Crippen molar-refractivity contribution < 1.29 is 4.79 Å². The first-order valence-corrected chi connectivity index (χ1v) is 8.21. The molecule has 0 fully saturated rings. The number of pyridine rings is 2. The first-order chi connectivity index (χ1) is 12.2. The zero-order chi connectivity index (χ0) is 17.6. The number of H-pyrrole nitrogens is 1. The average molecular weight is 333 g/mol. The Morgan fingerprint density at radius 2 is 1.80 bits per heavy atom. The predicted molar refractivity (Wildman–Crippen MR) is 98.7 cm³/mol. The summed E-state index contributed by atoms with van der Waals surface area (Å²) in [4.78, 5) is 31.1. The third-order valence-electron chi connectivity index (χ3n) is 3.92. The lowest BCUT2D eigenvalue weighted by atomic mass is 10.1. The molecule has 126 valence electrons. The number of nitrogens with zero attached hydrogens (tertiary/aromatic N) is 1. The van der Waals surface area contributed by atoms with Crippen LogP contribution in [-0.4, -0.2) is 15.9 Å². The molecule has 2 N–H and O–H groups in total. The van der Waals surface area contributed by atoms with Gasteiger partial charge in [-0.3, -0.25) is 14.6 Å². The molecular formula is C20H19N3O2. The van der Waals surface area contributed by atoms with Crippen molar-refractivity contribution in [2.45, 2.75) is 19.8 Å². The molecule has 1 amide bonds. The summed E-state index contributed by atoms with van der Waals surface area (Å²) in [5.41, 5.74) is 3.30. The number of hydrogen-bond acceptors (Lipinski definition) is 3. The van der Waals surface area contributed by atoms with Crippen LogP contribution in [0, 0.1) is 0 Å². The number of anilines is 1. The molecule has 0 bridgehead atoms. The summed E-state index contributed by atoms with van der Waals surface area (Å²) in [7, 11) is 0. The van der Waals surface area contributed by atoms with E-state index in [0.717, 1.165) is 24.0 Å². The molecule has 0 spiro atoms. The number of nitrogens with one attached hydrogen (secondary N) is 2. The van der Waals surface area contributed by atoms with Gasteiger partial charge in [-0.1, -0.05) is 25.5 Å². The number of benzene rings is 1. The van der Waals surface area contributed by atoms with Gasteiger partial charge in [0.15, 0.2) is 0 Å². The van der Waals surface area contributed by atoms with Crippen molar-refractivity contribution in [2.75, 3.05) is 5.32 Å². The number of amides is 1. The zero-order valence-electron chi connectivity index (χ0n) is 14.0. The zero-order valence-corrected chi connectivity index (χ0v) is 14.0. The van der Waals surface area contributed by atoms with Gasteiger partial charge in [0.2, 0.25) is 0 Å². The highest BCUT2D eigenvalue weighted by molar-refractivity contribution is 6.04. The molecule has 25 heavy (non-hydrogen) atoms. The largest absolute Gasteiger partial charge is 0.327 e. The van der Waals surface area contributed by atoms with Crippen molar-refractivity contribution in [1.82, 2.24) is 9.97 Å². The summed E-state index contributed by atoms with van der Waals surface area (Å²) in [6.07, 6.45) is 7.01. The summed E-state index contributed by atoms with van der Waals surface area (Å²) in [6.45, 7) is 2.11. The highest BCUT2D eigenvalue weighted by Gasteiger charge is 2.10. The van der Waals surface area contributed by atoms with Gasteiger partial charge in [0, 0.05) is 29.7 Å². The van der Waals surface area contributed by atoms with E-state index in [1.54, 1.807) is 36.8 Å². The van der Waals surface area contributed by atoms with Crippen LogP contribution in [0.25, 0.3) is 11.1 Å². The van der Waals surface area contributed by atoms with Crippen LogP contribution in [-0.2, 0) is 6.42 Å². The Morgan fingerprint density at radius 1 is 1.08 bits per heavy atom. The third kappa shape index (κ3) is 4.01. The van der Waals surface area contributed by atoms with Gasteiger partial charge in [0.25, 0.3) is 11.5 Å². The lowest BCUT2D eigenvalue weighted by Gasteiger charge is -2.07. The average Bonchev–Trinajstić information content (AvgIpc) is 2.65. The second-order valence-electron chi connectivity index (χ2n) is 5.77. The summed E-state index contributed by atoms with van der Waals surface area (Å²) in [5.74, 6) is -0.305. The standard InChI is InChI=1S/C20H19N3O2/c1-2-3-14-4-6-16(7-5-14)19(24)23-18-12-17(13-22-20(18)25)15-8-10-21-11-9-15/h4-13H,2-3H2,1H3,(H,22,25)(H,23,24). The summed E-state index contributed by atoms with van der Waals surface area (Å²) < 4.78 is 0. The van der Waals surface area contributed by atoms with Crippen molar-refractivity contribution in [2.24, 2.45) is 0 Å². The molecule has 0 unspecified atom stereocenters. The smallest absolute Gasteiger partial charge is 0.271 e. The molecule has 0 aliphatic heterocycles. The van der Waals surface area contributed by atoms with Gasteiger partial charge in [-0.2, -0.15) is 0 Å². The first-order valence-electron chi connectivity index (χ1n) is 8.21. The minimum atomic E-state index is -0.339. The van der Waals surface area contributed by atoms with Crippen LogP contribution in [0.4, 0.5) is 5.69 Å². The fourth-order valence-electron chi connectivity index (χ4n) is 2.59. The van der Waals surface area contributed by atoms with Crippen LogP contribution in [0.15, 0.2) is 65.8 Å². The van der Waals surface area contributed by atoms with Crippen LogP contribution in [0.3, 0.4) is 0 Å². The van der Waals surface area contributed by atoms with E-state index in [9.17, 15) is 9.59 Å². The molecule has 2 aromatic heterocycles. The number of aromatic amines is 1. The molecule has 0 aliphatic carbocycles. The van der Waals surface area contributed by atoms with Gasteiger partial charge >= 0.3 is 0 Å². The number of aryl methyl sites for hydroxylation is 1. The Labute approximate surface area is 145 Å². The maximum atomic E-state index is 12.4. The van der Waals surface area contributed by atoms with Crippen LogP contribution >= 0.6 is 0 Å². The van der Waals surface area contributed by atoms with Gasteiger partial charge in [-0.25, -0.2) is 0 Å². The number of rotatable bonds is 5. The monoisotopic (exact) mass is 333 g/mol. The Morgan fingerprint density at radius 3 is 2.48 bits per heavy atom. The molecule has 3 aromatic rings. The fraction of sp³-hybridized carbons (Fsp3) is 0.150. The van der Waals surface area contributed by atoms with Crippen molar-refractivity contribution in [1.29, 1.82) is 0 Å². The quantitative estimate of drug-likeness (QED) is 0.748. The molecule has 2 heterocycles. The van der Waals surface area contributed by atoms with E-state index in [0.29, 0.717) is 5.56 Å². The van der Waals surface area contributed by atoms with Crippen molar-refractivity contribution >= 4 is 11.6 Å². The number of carbonyl (C=O) groups is 1. The molecule has 0 saturated heterocycles. The maximum Gasteiger partial charge on any atom is 0.271 e. The van der Waals surface area contributed by atoms with Gasteiger partial charge in [-0.05, 0) is 47.9 Å². The van der Waals surface area contributed by atoms with Crippen LogP contribution in [0.5, 0.6) is 0 Å². The Kier molecular flexibility index (Phi) is 5.04. The van der Waals surface area contributed by atoms with Gasteiger partial charge in [0.05, 0.1) is 0 Å². The maximum absolute atomic E-state index is 12.4. The van der Waals surface area contributed by atoms with E-state index in [4.69, 9.17) is 0 Å². The molecule has 0 radical (unpaired) electrons. The highest BCUT2D eigenvalue weighted by atomic mass is 16.2. The fourth-order valence-corrected chi connectivity index (χ4v) is 2.59. The van der Waals surface area contributed by atoms with Gasteiger partial charge in [0.1, 0.15) is 5.69 Å². The minimum absolute atomic E-state index is 0.219. The van der Waals surface area contributed by atoms with E-state index < -0.39 is 0 Å². The Hall–Kier alpha value is -3.21. The van der Waals surface area contributed by atoms with E-state index in [1.807, 2.05) is 24.3 Å². The number of hydrogen-bond donors (Lipinski definition) is 2. The summed E-state index contributed by atoms with van der Waals surface area (Å²) in [5, 5.41) is 2.69. The predicted octanol–water partition coefficient (Wildman–Crippen LogP) is 3.64. The van der Waals surface area contributed by atoms with Crippen LogP contribution < -0.4 is 10.9 Å². The topological polar surface area (TPSA) is 74.8 Å². The molecule has 5 nitrogen and oxygen atoms in total. The molecule has 5 heteroatoms. The van der Waals surface area contributed by atoms with E-state index in [2.05, 4.69) is 22.2 Å². The minimum Gasteiger partial charge on any atom is -0.327 e. The van der Waals surface area contributed by atoms with Gasteiger partial charge < -0.3 is 10.3 Å². The Balaban J connectivity index is 1.82. The SMILES string of the molecule is CCCc1ccc(C(=O)Nc2cc(-c3ccncc3)c[nH]c2=O)cc1. The summed E-state index contributed by atoms with van der Waals surface area (Å²) in [6, 6.07) is 12.8. The lowest BCUT2D eigenvalue weighted by molar-refractivity contribution is 0.102. The van der Waals surface area contributed by atoms with Gasteiger partial charge in [-0.15, -0.1) is 0 Å². The lowest BCUT2D eigenvalue weighted by Crippen LogP contribution is -2.19. The molecule has 0 saturated carbocycles. The number of aromatic nitrogens is 2. The molecule has 0 aliphatic rings. The van der Waals surface area contributed by atoms with Crippen LogP contribution in [0.2, 0.25) is 0 Å². The van der Waals surface area contributed by atoms with Crippen molar-refractivity contribution in [3.05, 3.63) is 82.5 Å². The Bertz CT molecular complexity index is 916. The molecule has 1 aromatic carbocycles. The van der Waals surface area contributed by atoms with Crippen LogP contribution in [0.1, 0.15) is 29.3 Å². The molecular weight excluding hydrogens is 314 g/mol. The molecule has 3 rings (SSSR count). The first kappa shape index (κ1) is 16.6. The third-order valence-corrected chi connectivity index (χ3v) is 3.92. The van der Waals surface area contributed by atoms with E-state index in [-0.39, 0.29) is 17.2 Å². The van der Waals surface area contributed by atoms with E-state index >= 15 is 0 Å². The molecule has 0 atom stereocenters. The van der Waals surface area contributed by atoms with Crippen molar-refractivity contribution in [3.63, 3.8) is 0 Å². The number of carbonyl (C=O) groups excluding carboxylic acids is 1. The second kappa shape index (κ2) is 7.57. The normalized spacial score (nSPS) is 10.4. The second-order valence-corrected chi connectivity index (χ2v) is 5.77.